The van der Waals surface area contributed by atoms with E-state index in [-0.39, 0.29) is 12.3 Å². The molecule has 1 heterocycles. The van der Waals surface area contributed by atoms with Gasteiger partial charge in [0.05, 0.1) is 14.2 Å². The number of carbonyl (C=O) groups excluding carboxylic acids is 2. The molecular weight excluding hydrogens is 432 g/mol. The predicted octanol–water partition coefficient (Wildman–Crippen LogP) is 6.71. The molecule has 1 aromatic rings. The summed E-state index contributed by atoms with van der Waals surface area (Å²) in [5, 5.41) is 0. The second kappa shape index (κ2) is 13.6. The van der Waals surface area contributed by atoms with Gasteiger partial charge in [-0.05, 0) is 24.3 Å². The van der Waals surface area contributed by atoms with E-state index >= 15 is 0 Å². The largest absolute Gasteiger partial charge is 0.497 e. The molecule has 0 amide bonds. The van der Waals surface area contributed by atoms with Crippen molar-refractivity contribution in [2.75, 3.05) is 14.2 Å². The van der Waals surface area contributed by atoms with Gasteiger partial charge < -0.3 is 18.9 Å². The van der Waals surface area contributed by atoms with Gasteiger partial charge in [-0.3, -0.25) is 9.59 Å². The average molecular weight is 477 g/mol. The van der Waals surface area contributed by atoms with Crippen LogP contribution in [0.4, 0.5) is 0 Å². The lowest BCUT2D eigenvalue weighted by Crippen LogP contribution is -2.45. The summed E-state index contributed by atoms with van der Waals surface area (Å²) in [6.45, 7) is 8.69. The Morgan fingerprint density at radius 2 is 1.47 bits per heavy atom. The lowest BCUT2D eigenvalue weighted by atomic mass is 9.82. The fourth-order valence-electron chi connectivity index (χ4n) is 4.91. The monoisotopic (exact) mass is 476 g/mol. The quantitative estimate of drug-likeness (QED) is 0.207. The zero-order valence-electron chi connectivity index (χ0n) is 22.0. The lowest BCUT2D eigenvalue weighted by molar-refractivity contribution is -0.256. The Hall–Kier alpha value is -2.24. The van der Waals surface area contributed by atoms with Crippen LogP contribution in [0.25, 0.3) is 0 Å². The summed E-state index contributed by atoms with van der Waals surface area (Å²) in [4.78, 5) is 25.2. The minimum atomic E-state index is -1.47. The molecule has 0 spiro atoms. The van der Waals surface area contributed by atoms with Crippen LogP contribution in [-0.4, -0.2) is 26.2 Å². The van der Waals surface area contributed by atoms with Crippen molar-refractivity contribution in [3.8, 4) is 11.5 Å². The fourth-order valence-corrected chi connectivity index (χ4v) is 4.91. The number of hydrogen-bond acceptors (Lipinski definition) is 6. The number of benzene rings is 1. The van der Waals surface area contributed by atoms with Crippen LogP contribution in [0.3, 0.4) is 0 Å². The van der Waals surface area contributed by atoms with Crippen molar-refractivity contribution in [1.82, 2.24) is 0 Å². The molecule has 6 nitrogen and oxygen atoms in total. The SMILES string of the molecule is CCCCC(CC)Cc1c(OC)cc(OC)cc1C1(CC(CC)CCCC)OC(=O)CC(=O)O1. The van der Waals surface area contributed by atoms with Gasteiger partial charge in [0.15, 0.2) is 0 Å². The summed E-state index contributed by atoms with van der Waals surface area (Å²) in [6, 6.07) is 3.72. The predicted molar refractivity (Wildman–Crippen MR) is 133 cm³/mol. The normalized spacial score (nSPS) is 17.0. The summed E-state index contributed by atoms with van der Waals surface area (Å²) in [7, 11) is 3.23. The molecule has 0 saturated carbocycles. The molecule has 2 atom stereocenters. The highest BCUT2D eigenvalue weighted by Crippen LogP contribution is 2.46. The van der Waals surface area contributed by atoms with E-state index in [0.29, 0.717) is 29.4 Å². The second-order valence-corrected chi connectivity index (χ2v) is 9.47. The smallest absolute Gasteiger partial charge is 0.320 e. The number of rotatable bonds is 15. The van der Waals surface area contributed by atoms with E-state index in [1.54, 1.807) is 14.2 Å². The van der Waals surface area contributed by atoms with Gasteiger partial charge >= 0.3 is 11.9 Å². The maximum Gasteiger partial charge on any atom is 0.320 e. The van der Waals surface area contributed by atoms with Crippen LogP contribution in [-0.2, 0) is 31.3 Å². The van der Waals surface area contributed by atoms with E-state index < -0.39 is 17.7 Å². The number of methoxy groups -OCH3 is 2. The van der Waals surface area contributed by atoms with Gasteiger partial charge in [0.1, 0.15) is 17.9 Å². The standard InChI is InChI=1S/C28H44O6/c1-7-11-13-20(9-3)15-23-24(16-22(31-5)17-25(23)32-6)28(19-21(10-4)14-12-8-2)33-26(29)18-27(30)34-28/h16-17,20-21H,7-15,18-19H2,1-6H3. The van der Waals surface area contributed by atoms with Gasteiger partial charge in [0, 0.05) is 23.6 Å². The van der Waals surface area contributed by atoms with Crippen molar-refractivity contribution in [3.05, 3.63) is 23.3 Å². The second-order valence-electron chi connectivity index (χ2n) is 9.47. The number of hydrogen-bond donors (Lipinski definition) is 0. The van der Waals surface area contributed by atoms with E-state index in [1.807, 2.05) is 12.1 Å². The first-order valence-electron chi connectivity index (χ1n) is 13.0. The summed E-state index contributed by atoms with van der Waals surface area (Å²) in [5.41, 5.74) is 1.61. The van der Waals surface area contributed by atoms with Crippen LogP contribution in [0, 0.1) is 11.8 Å². The van der Waals surface area contributed by atoms with Gasteiger partial charge in [-0.15, -0.1) is 0 Å². The lowest BCUT2D eigenvalue weighted by Gasteiger charge is -2.40. The number of esters is 2. The van der Waals surface area contributed by atoms with E-state index in [1.165, 1.54) is 0 Å². The molecule has 1 saturated heterocycles. The molecular formula is C28H44O6. The van der Waals surface area contributed by atoms with Crippen LogP contribution in [0.5, 0.6) is 11.5 Å². The van der Waals surface area contributed by atoms with Gasteiger partial charge in [0.2, 0.25) is 0 Å². The Bertz CT molecular complexity index is 786. The molecule has 0 radical (unpaired) electrons. The molecule has 2 rings (SSSR count). The highest BCUT2D eigenvalue weighted by Gasteiger charge is 2.48. The maximum atomic E-state index is 12.6. The molecule has 192 valence electrons. The highest BCUT2D eigenvalue weighted by atomic mass is 16.7. The molecule has 6 heteroatoms. The van der Waals surface area contributed by atoms with Gasteiger partial charge in [0.25, 0.3) is 5.79 Å². The number of unbranched alkanes of at least 4 members (excludes halogenated alkanes) is 2. The van der Waals surface area contributed by atoms with Crippen LogP contribution in [0.15, 0.2) is 12.1 Å². The van der Waals surface area contributed by atoms with Crippen molar-refractivity contribution in [3.63, 3.8) is 0 Å². The van der Waals surface area contributed by atoms with Crippen LogP contribution in [0.2, 0.25) is 0 Å². The zero-order valence-corrected chi connectivity index (χ0v) is 22.0. The Labute approximate surface area is 205 Å². The van der Waals surface area contributed by atoms with Crippen molar-refractivity contribution < 1.29 is 28.5 Å². The Morgan fingerprint density at radius 3 is 1.97 bits per heavy atom. The summed E-state index contributed by atoms with van der Waals surface area (Å²) in [6.07, 6.45) is 9.26. The first-order chi connectivity index (χ1) is 16.4. The first-order valence-corrected chi connectivity index (χ1v) is 13.0. The summed E-state index contributed by atoms with van der Waals surface area (Å²) >= 11 is 0. The third-order valence-corrected chi connectivity index (χ3v) is 7.03. The fraction of sp³-hybridized carbons (Fsp3) is 0.714. The number of carbonyl (C=O) groups is 2. The number of ether oxygens (including phenoxy) is 4. The van der Waals surface area contributed by atoms with Gasteiger partial charge in [-0.1, -0.05) is 79.1 Å². The van der Waals surface area contributed by atoms with Gasteiger partial charge in [-0.2, -0.15) is 0 Å². The molecule has 0 N–H and O–H groups in total. The highest BCUT2D eigenvalue weighted by molar-refractivity contribution is 5.93. The zero-order chi connectivity index (χ0) is 25.1. The molecule has 0 aromatic heterocycles. The van der Waals surface area contributed by atoms with Crippen molar-refractivity contribution in [2.45, 2.75) is 104 Å². The van der Waals surface area contributed by atoms with Crippen molar-refractivity contribution >= 4 is 11.9 Å². The molecule has 1 aromatic carbocycles. The third kappa shape index (κ3) is 7.13. The molecule has 1 aliphatic rings. The summed E-state index contributed by atoms with van der Waals surface area (Å²) < 4.78 is 23.3. The molecule has 0 aliphatic carbocycles. The Kier molecular flexibility index (Phi) is 11.2. The number of cyclic esters (lactones) is 2. The average Bonchev–Trinajstić information content (AvgIpc) is 2.83. The first kappa shape index (κ1) is 28.0. The molecule has 1 aliphatic heterocycles. The van der Waals surface area contributed by atoms with Crippen molar-refractivity contribution in [1.29, 1.82) is 0 Å². The van der Waals surface area contributed by atoms with Crippen LogP contribution >= 0.6 is 0 Å². The molecule has 0 bridgehead atoms. The van der Waals surface area contributed by atoms with E-state index in [9.17, 15) is 9.59 Å². The minimum absolute atomic E-state index is 0.241. The Morgan fingerprint density at radius 1 is 0.882 bits per heavy atom. The molecule has 34 heavy (non-hydrogen) atoms. The van der Waals surface area contributed by atoms with Crippen LogP contribution in [0.1, 0.15) is 103 Å². The molecule has 2 unspecified atom stereocenters. The topological polar surface area (TPSA) is 71.1 Å². The van der Waals surface area contributed by atoms with E-state index in [2.05, 4.69) is 27.7 Å². The Balaban J connectivity index is 2.66. The minimum Gasteiger partial charge on any atom is -0.497 e. The third-order valence-electron chi connectivity index (χ3n) is 7.03. The van der Waals surface area contributed by atoms with Crippen molar-refractivity contribution in [2.24, 2.45) is 11.8 Å². The van der Waals surface area contributed by atoms with Gasteiger partial charge in [-0.25, -0.2) is 0 Å². The summed E-state index contributed by atoms with van der Waals surface area (Å²) in [5.74, 6) is -0.638. The van der Waals surface area contributed by atoms with E-state index in [4.69, 9.17) is 18.9 Å². The molecule has 1 fully saturated rings. The van der Waals surface area contributed by atoms with E-state index in [0.717, 1.165) is 63.4 Å². The maximum absolute atomic E-state index is 12.6. The van der Waals surface area contributed by atoms with Crippen LogP contribution < -0.4 is 9.47 Å².